The van der Waals surface area contributed by atoms with Crippen molar-refractivity contribution >= 4 is 11.8 Å². The number of carboxylic acids is 1. The van der Waals surface area contributed by atoms with Gasteiger partial charge in [-0.15, -0.1) is 0 Å². The lowest BCUT2D eigenvalue weighted by Crippen LogP contribution is -2.36. The molecular weight excluding hydrogens is 282 g/mol. The summed E-state index contributed by atoms with van der Waals surface area (Å²) in [6.45, 7) is 6.76. The number of aliphatic carboxylic acids is 1. The Balaban J connectivity index is 0.00000441. The summed E-state index contributed by atoms with van der Waals surface area (Å²) in [5.41, 5.74) is 11.6. The summed E-state index contributed by atoms with van der Waals surface area (Å²) in [4.78, 5) is 19.3. The molecule has 1 aromatic rings. The maximum absolute atomic E-state index is 10.6. The van der Waals surface area contributed by atoms with Crippen LogP contribution >= 0.6 is 0 Å². The summed E-state index contributed by atoms with van der Waals surface area (Å²) in [5.74, 6) is -0.530. The molecule has 5 N–H and O–H groups in total. The van der Waals surface area contributed by atoms with Crippen molar-refractivity contribution in [2.75, 3.05) is 12.3 Å². The highest BCUT2D eigenvalue weighted by Gasteiger charge is 2.13. The van der Waals surface area contributed by atoms with Crippen molar-refractivity contribution in [1.29, 1.82) is 0 Å². The molecule has 0 spiro atoms. The summed E-state index contributed by atoms with van der Waals surface area (Å²) in [6, 6.07) is 0.950. The number of anilines is 1. The third-order valence-electron chi connectivity index (χ3n) is 3.06. The molecule has 0 bridgehead atoms. The lowest BCUT2D eigenvalue weighted by atomic mass is 10.1. The molecule has 0 saturated carbocycles. The zero-order valence-electron chi connectivity index (χ0n) is 12.9. The minimum Gasteiger partial charge on any atom is -0.480 e. The van der Waals surface area contributed by atoms with Crippen molar-refractivity contribution in [2.45, 2.75) is 59.0 Å². The predicted octanol–water partition coefficient (Wildman–Crippen LogP) is 1.34. The second-order valence-corrected chi connectivity index (χ2v) is 6.02. The molecular formula is C15H29N5O2. The van der Waals surface area contributed by atoms with Gasteiger partial charge < -0.3 is 21.1 Å². The molecule has 0 aliphatic heterocycles. The Labute approximate surface area is 132 Å². The van der Waals surface area contributed by atoms with E-state index in [4.69, 9.17) is 16.6 Å². The molecule has 0 fully saturated rings. The van der Waals surface area contributed by atoms with Gasteiger partial charge >= 0.3 is 5.97 Å². The quantitative estimate of drug-likeness (QED) is 0.685. The zero-order valence-corrected chi connectivity index (χ0v) is 12.9. The van der Waals surface area contributed by atoms with E-state index >= 15 is 0 Å². The number of rotatable bonds is 6. The van der Waals surface area contributed by atoms with E-state index in [0.717, 1.165) is 12.8 Å². The van der Waals surface area contributed by atoms with Gasteiger partial charge in [-0.05, 0) is 46.1 Å². The number of nitrogens with zero attached hydrogens (tertiary/aromatic N) is 3. The third-order valence-corrected chi connectivity index (χ3v) is 3.06. The normalized spacial score (nSPS) is 13.5. The number of hydrogen-bond acceptors (Lipinski definition) is 5. The van der Waals surface area contributed by atoms with Gasteiger partial charge in [0.15, 0.2) is 0 Å². The number of hydrogen-bond donors (Lipinski definition) is 3. The monoisotopic (exact) mass is 311 g/mol. The van der Waals surface area contributed by atoms with Gasteiger partial charge in [-0.2, -0.15) is 4.98 Å². The van der Waals surface area contributed by atoms with Crippen molar-refractivity contribution in [2.24, 2.45) is 10.7 Å². The Bertz CT molecular complexity index is 546. The summed E-state index contributed by atoms with van der Waals surface area (Å²) < 4.78 is 1.96. The first-order chi connectivity index (χ1) is 9.71. The van der Waals surface area contributed by atoms with Crippen LogP contribution in [0, 0.1) is 0 Å². The molecule has 7 heteroatoms. The predicted molar refractivity (Wildman–Crippen MR) is 88.3 cm³/mol. The lowest BCUT2D eigenvalue weighted by Gasteiger charge is -2.23. The van der Waals surface area contributed by atoms with Crippen LogP contribution in [0.2, 0.25) is 0 Å². The summed E-state index contributed by atoms with van der Waals surface area (Å²) in [5, 5.41) is 8.70. The van der Waals surface area contributed by atoms with E-state index in [1.807, 2.05) is 10.8 Å². The molecule has 0 aliphatic rings. The molecule has 1 rings (SSSR count). The van der Waals surface area contributed by atoms with Crippen LogP contribution in [-0.4, -0.2) is 33.2 Å². The van der Waals surface area contributed by atoms with Crippen LogP contribution in [0.15, 0.2) is 17.3 Å². The van der Waals surface area contributed by atoms with E-state index in [1.165, 1.54) is 0 Å². The Morgan fingerprint density at radius 1 is 1.45 bits per heavy atom. The van der Waals surface area contributed by atoms with Crippen LogP contribution in [0.1, 0.15) is 47.5 Å². The fraction of sp³-hybridized carbons (Fsp3) is 0.667. The van der Waals surface area contributed by atoms with E-state index in [-0.39, 0.29) is 13.0 Å². The number of nitrogens with two attached hydrogens (primary N) is 2. The maximum atomic E-state index is 10.6. The van der Waals surface area contributed by atoms with E-state index in [0.29, 0.717) is 24.4 Å². The summed E-state index contributed by atoms with van der Waals surface area (Å²) >= 11 is 0. The van der Waals surface area contributed by atoms with E-state index in [2.05, 4.69) is 30.7 Å². The van der Waals surface area contributed by atoms with Gasteiger partial charge in [-0.3, -0.25) is 9.79 Å². The topological polar surface area (TPSA) is 120 Å². The fourth-order valence-electron chi connectivity index (χ4n) is 1.84. The highest BCUT2D eigenvalue weighted by atomic mass is 16.4. The third kappa shape index (κ3) is 6.26. The summed E-state index contributed by atoms with van der Waals surface area (Å²) in [6.07, 6.45) is 3.81. The van der Waals surface area contributed by atoms with Crippen molar-refractivity contribution < 1.29 is 9.90 Å². The number of aromatic nitrogens is 2. The van der Waals surface area contributed by atoms with Crippen molar-refractivity contribution in [3.8, 4) is 0 Å². The van der Waals surface area contributed by atoms with Gasteiger partial charge in [0.2, 0.25) is 5.62 Å². The van der Waals surface area contributed by atoms with Gasteiger partial charge in [-0.1, -0.05) is 7.43 Å². The molecule has 0 aromatic carbocycles. The van der Waals surface area contributed by atoms with Crippen molar-refractivity contribution in [3.63, 3.8) is 0 Å². The molecule has 0 saturated heterocycles. The van der Waals surface area contributed by atoms with Crippen LogP contribution in [-0.2, 0) is 10.3 Å². The first-order valence-electron chi connectivity index (χ1n) is 7.06. The van der Waals surface area contributed by atoms with Crippen LogP contribution in [0.4, 0.5) is 5.82 Å². The van der Waals surface area contributed by atoms with Gasteiger partial charge in [0, 0.05) is 18.3 Å². The van der Waals surface area contributed by atoms with Crippen LogP contribution in [0.25, 0.3) is 0 Å². The number of carbonyl (C=O) groups is 1. The largest absolute Gasteiger partial charge is 0.480 e. The number of unbranched alkanes of at least 4 members (excludes halogenated alkanes) is 1. The smallest absolute Gasteiger partial charge is 0.320 e. The molecule has 1 aromatic heterocycles. The Morgan fingerprint density at radius 2 is 2.09 bits per heavy atom. The maximum Gasteiger partial charge on any atom is 0.320 e. The second kappa shape index (κ2) is 8.53. The van der Waals surface area contributed by atoms with Crippen LogP contribution in [0.5, 0.6) is 0 Å². The first-order valence-corrected chi connectivity index (χ1v) is 7.06. The minimum absolute atomic E-state index is 0. The molecule has 0 amide bonds. The van der Waals surface area contributed by atoms with Gasteiger partial charge in [0.05, 0.1) is 0 Å². The Morgan fingerprint density at radius 3 is 2.64 bits per heavy atom. The van der Waals surface area contributed by atoms with Crippen molar-refractivity contribution in [3.05, 3.63) is 17.9 Å². The SMILES string of the molecule is C.CC(C)(C)n1ccc(N)nc1=NCCCCC(N)C(=O)O. The van der Waals surface area contributed by atoms with E-state index < -0.39 is 12.0 Å². The number of carboxylic acid groups (broad SMARTS) is 1. The fourth-order valence-corrected chi connectivity index (χ4v) is 1.84. The highest BCUT2D eigenvalue weighted by Crippen LogP contribution is 2.10. The first kappa shape index (κ1) is 20.1. The molecule has 7 nitrogen and oxygen atoms in total. The van der Waals surface area contributed by atoms with Gasteiger partial charge in [-0.25, -0.2) is 0 Å². The average molecular weight is 311 g/mol. The second-order valence-electron chi connectivity index (χ2n) is 6.02. The molecule has 126 valence electrons. The minimum atomic E-state index is -0.963. The van der Waals surface area contributed by atoms with E-state index in [9.17, 15) is 4.79 Å². The van der Waals surface area contributed by atoms with E-state index in [1.54, 1.807) is 6.07 Å². The molecule has 1 atom stereocenters. The molecule has 1 heterocycles. The molecule has 1 unspecified atom stereocenters. The zero-order chi connectivity index (χ0) is 16.0. The van der Waals surface area contributed by atoms with Crippen molar-refractivity contribution in [1.82, 2.24) is 9.55 Å². The molecule has 0 radical (unpaired) electrons. The van der Waals surface area contributed by atoms with Gasteiger partial charge in [0.1, 0.15) is 11.9 Å². The molecule has 0 aliphatic carbocycles. The van der Waals surface area contributed by atoms with Crippen LogP contribution in [0.3, 0.4) is 0 Å². The average Bonchev–Trinajstić information content (AvgIpc) is 2.36. The Hall–Kier alpha value is -1.89. The summed E-state index contributed by atoms with van der Waals surface area (Å²) in [7, 11) is 0. The lowest BCUT2D eigenvalue weighted by molar-refractivity contribution is -0.138. The molecule has 22 heavy (non-hydrogen) atoms. The number of nitrogen functional groups attached to an aromatic ring is 1. The van der Waals surface area contributed by atoms with Gasteiger partial charge in [0.25, 0.3) is 0 Å². The highest BCUT2D eigenvalue weighted by molar-refractivity contribution is 5.72. The standard InChI is InChI=1S/C14H25N5O2.CH4/c1-14(2,3)19-9-7-11(16)18-13(19)17-8-5-4-6-10(15)12(20)21;/h7,9-10H,4-6,8,15H2,1-3H3,(H,20,21)(H2,16,17,18);1H4. The Kier molecular flexibility index (Phi) is 7.80. The van der Waals surface area contributed by atoms with Crippen LogP contribution < -0.4 is 17.1 Å².